The number of benzene rings is 1. The van der Waals surface area contributed by atoms with Crippen LogP contribution in [0.15, 0.2) is 24.3 Å². The van der Waals surface area contributed by atoms with Crippen LogP contribution < -0.4 is 10.5 Å². The molecule has 1 saturated heterocycles. The van der Waals surface area contributed by atoms with E-state index in [9.17, 15) is 13.2 Å². The van der Waals surface area contributed by atoms with Crippen LogP contribution in [0.2, 0.25) is 0 Å². The van der Waals surface area contributed by atoms with Gasteiger partial charge in [0.05, 0.1) is 6.61 Å². The van der Waals surface area contributed by atoms with Gasteiger partial charge in [-0.25, -0.2) is 0 Å². The zero-order chi connectivity index (χ0) is 13.9. The molecule has 1 aliphatic rings. The van der Waals surface area contributed by atoms with Crippen molar-refractivity contribution in [3.8, 4) is 5.75 Å². The summed E-state index contributed by atoms with van der Waals surface area (Å²) in [5.41, 5.74) is 6.90. The van der Waals surface area contributed by atoms with Crippen molar-refractivity contribution in [3.63, 3.8) is 0 Å². The minimum Gasteiger partial charge on any atom is -0.406 e. The Balaban J connectivity index is 2.01. The molecule has 2 rings (SSSR count). The number of hydrogen-bond donors (Lipinski definition) is 1. The van der Waals surface area contributed by atoms with E-state index < -0.39 is 6.36 Å². The monoisotopic (exact) mass is 275 g/mol. The van der Waals surface area contributed by atoms with Crippen molar-refractivity contribution in [2.45, 2.75) is 25.2 Å². The summed E-state index contributed by atoms with van der Waals surface area (Å²) in [7, 11) is 0. The number of rotatable bonds is 3. The molecule has 1 aromatic carbocycles. The van der Waals surface area contributed by atoms with Gasteiger partial charge >= 0.3 is 6.36 Å². The van der Waals surface area contributed by atoms with Crippen molar-refractivity contribution in [1.29, 1.82) is 0 Å². The molecule has 1 aliphatic heterocycles. The summed E-state index contributed by atoms with van der Waals surface area (Å²) in [6, 6.07) is 5.49. The van der Waals surface area contributed by atoms with Gasteiger partial charge < -0.3 is 15.2 Å². The van der Waals surface area contributed by atoms with Gasteiger partial charge in [-0.05, 0) is 30.5 Å². The van der Waals surface area contributed by atoms with Gasteiger partial charge in [-0.15, -0.1) is 13.2 Å². The molecule has 3 nitrogen and oxygen atoms in total. The second kappa shape index (κ2) is 5.79. The predicted octanol–water partition coefficient (Wildman–Crippen LogP) is 3.01. The molecule has 1 aromatic rings. The fourth-order valence-corrected chi connectivity index (χ4v) is 2.21. The first kappa shape index (κ1) is 14.1. The molecule has 1 fully saturated rings. The van der Waals surface area contributed by atoms with Crippen LogP contribution in [0.1, 0.15) is 24.4 Å². The molecule has 0 saturated carbocycles. The van der Waals surface area contributed by atoms with Gasteiger partial charge in [0.1, 0.15) is 5.75 Å². The summed E-state index contributed by atoms with van der Waals surface area (Å²) >= 11 is 0. The average molecular weight is 275 g/mol. The zero-order valence-corrected chi connectivity index (χ0v) is 10.3. The standard InChI is InChI=1S/C13H16F3NO2/c14-13(15,16)19-11-5-3-9(4-6-11)12(17)10-2-1-7-18-8-10/h3-6,10,12H,1-2,7-8,17H2. The van der Waals surface area contributed by atoms with Crippen LogP contribution in [-0.2, 0) is 4.74 Å². The SMILES string of the molecule is NC(c1ccc(OC(F)(F)F)cc1)C1CCCOC1. The van der Waals surface area contributed by atoms with E-state index in [1.165, 1.54) is 12.1 Å². The lowest BCUT2D eigenvalue weighted by Gasteiger charge is -2.27. The van der Waals surface area contributed by atoms with Crippen molar-refractivity contribution in [2.75, 3.05) is 13.2 Å². The molecule has 106 valence electrons. The second-order valence-corrected chi connectivity index (χ2v) is 4.62. The van der Waals surface area contributed by atoms with Crippen LogP contribution in [0.3, 0.4) is 0 Å². The third kappa shape index (κ3) is 4.11. The van der Waals surface area contributed by atoms with E-state index >= 15 is 0 Å². The minimum atomic E-state index is -4.67. The molecule has 0 aliphatic carbocycles. The minimum absolute atomic E-state index is 0.211. The molecule has 0 bridgehead atoms. The fraction of sp³-hybridized carbons (Fsp3) is 0.538. The Labute approximate surface area is 109 Å². The highest BCUT2D eigenvalue weighted by Gasteiger charge is 2.31. The maximum Gasteiger partial charge on any atom is 0.573 e. The van der Waals surface area contributed by atoms with Crippen LogP contribution in [0.4, 0.5) is 13.2 Å². The van der Waals surface area contributed by atoms with Crippen molar-refractivity contribution < 1.29 is 22.6 Å². The van der Waals surface area contributed by atoms with Crippen LogP contribution in [-0.4, -0.2) is 19.6 Å². The van der Waals surface area contributed by atoms with Gasteiger partial charge in [0.2, 0.25) is 0 Å². The lowest BCUT2D eigenvalue weighted by molar-refractivity contribution is -0.274. The summed E-state index contributed by atoms with van der Waals surface area (Å²) in [5, 5.41) is 0. The number of alkyl halides is 3. The van der Waals surface area contributed by atoms with Gasteiger partial charge in [0, 0.05) is 18.6 Å². The van der Waals surface area contributed by atoms with E-state index in [0.717, 1.165) is 25.0 Å². The molecule has 6 heteroatoms. The first-order chi connectivity index (χ1) is 8.96. The summed E-state index contributed by atoms with van der Waals surface area (Å²) in [5.74, 6) is -0.0218. The third-order valence-electron chi connectivity index (χ3n) is 3.20. The summed E-state index contributed by atoms with van der Waals surface area (Å²) in [6.45, 7) is 1.35. The lowest BCUT2D eigenvalue weighted by Crippen LogP contribution is -2.29. The van der Waals surface area contributed by atoms with E-state index in [-0.39, 0.29) is 17.7 Å². The Kier molecular flexibility index (Phi) is 4.31. The van der Waals surface area contributed by atoms with Crippen molar-refractivity contribution in [1.82, 2.24) is 0 Å². The number of halogens is 3. The Morgan fingerprint density at radius 3 is 2.47 bits per heavy atom. The van der Waals surface area contributed by atoms with Crippen molar-refractivity contribution in [3.05, 3.63) is 29.8 Å². The van der Waals surface area contributed by atoms with E-state index in [2.05, 4.69) is 4.74 Å². The van der Waals surface area contributed by atoms with E-state index in [0.29, 0.717) is 6.61 Å². The Morgan fingerprint density at radius 1 is 1.26 bits per heavy atom. The molecular formula is C13H16F3NO2. The molecule has 2 atom stereocenters. The topological polar surface area (TPSA) is 44.5 Å². The maximum atomic E-state index is 12.0. The number of ether oxygens (including phenoxy) is 2. The van der Waals surface area contributed by atoms with Crippen LogP contribution in [0.25, 0.3) is 0 Å². The maximum absolute atomic E-state index is 12.0. The molecule has 2 N–H and O–H groups in total. The molecule has 0 spiro atoms. The quantitative estimate of drug-likeness (QED) is 0.922. The smallest absolute Gasteiger partial charge is 0.406 e. The van der Waals surface area contributed by atoms with Crippen LogP contribution >= 0.6 is 0 Å². The van der Waals surface area contributed by atoms with Crippen molar-refractivity contribution in [2.24, 2.45) is 11.7 Å². The summed E-state index contributed by atoms with van der Waals surface area (Å²) in [4.78, 5) is 0. The Bertz CT molecular complexity index is 399. The van der Waals surface area contributed by atoms with Gasteiger partial charge in [0.25, 0.3) is 0 Å². The number of nitrogens with two attached hydrogens (primary N) is 1. The Morgan fingerprint density at radius 2 is 1.95 bits per heavy atom. The zero-order valence-electron chi connectivity index (χ0n) is 10.3. The number of hydrogen-bond acceptors (Lipinski definition) is 3. The predicted molar refractivity (Wildman–Crippen MR) is 63.6 cm³/mol. The second-order valence-electron chi connectivity index (χ2n) is 4.62. The molecule has 1 heterocycles. The molecule has 2 unspecified atom stereocenters. The normalized spacial score (nSPS) is 22.0. The summed E-state index contributed by atoms with van der Waals surface area (Å²) < 4.78 is 45.3. The molecule has 0 radical (unpaired) electrons. The summed E-state index contributed by atoms with van der Waals surface area (Å²) in [6.07, 6.45) is -2.73. The largest absolute Gasteiger partial charge is 0.573 e. The van der Waals surface area contributed by atoms with Crippen LogP contribution in [0.5, 0.6) is 5.75 Å². The first-order valence-electron chi connectivity index (χ1n) is 6.15. The first-order valence-corrected chi connectivity index (χ1v) is 6.15. The van der Waals surface area contributed by atoms with Gasteiger partial charge in [0.15, 0.2) is 0 Å². The molecular weight excluding hydrogens is 259 g/mol. The lowest BCUT2D eigenvalue weighted by atomic mass is 9.89. The molecule has 19 heavy (non-hydrogen) atoms. The van der Waals surface area contributed by atoms with Gasteiger partial charge in [-0.1, -0.05) is 12.1 Å². The fourth-order valence-electron chi connectivity index (χ4n) is 2.21. The van der Waals surface area contributed by atoms with Crippen molar-refractivity contribution >= 4 is 0 Å². The van der Waals surface area contributed by atoms with Crippen LogP contribution in [0, 0.1) is 5.92 Å². The highest BCUT2D eigenvalue weighted by atomic mass is 19.4. The highest BCUT2D eigenvalue weighted by molar-refractivity contribution is 5.29. The third-order valence-corrected chi connectivity index (χ3v) is 3.20. The average Bonchev–Trinajstić information content (AvgIpc) is 2.38. The molecule has 0 aromatic heterocycles. The van der Waals surface area contributed by atoms with Gasteiger partial charge in [-0.2, -0.15) is 0 Å². The van der Waals surface area contributed by atoms with E-state index in [4.69, 9.17) is 10.5 Å². The van der Waals surface area contributed by atoms with Gasteiger partial charge in [-0.3, -0.25) is 0 Å². The Hall–Kier alpha value is -1.27. The van der Waals surface area contributed by atoms with E-state index in [1.54, 1.807) is 12.1 Å². The highest BCUT2D eigenvalue weighted by Crippen LogP contribution is 2.29. The van der Waals surface area contributed by atoms with E-state index in [1.807, 2.05) is 0 Å². The molecule has 0 amide bonds.